The Labute approximate surface area is 478 Å². The SMILES string of the molecule is C/C=C/CC/C=C/CC/C=C/C(O)C(COC1OC(CO)C(O)C(O)C1O)NC(=O)CCCCCCCCC/C=C\C/C=C\CCCCCCCCCCCOC(=O)CCCCCCCCCCCCCCCCCCCC. The summed E-state index contributed by atoms with van der Waals surface area (Å²) in [5.41, 5.74) is 0. The minimum absolute atomic E-state index is 0.00164. The minimum atomic E-state index is -1.58. The summed E-state index contributed by atoms with van der Waals surface area (Å²) < 4.78 is 16.7. The molecule has 0 saturated carbocycles. The van der Waals surface area contributed by atoms with E-state index in [0.29, 0.717) is 25.9 Å². The van der Waals surface area contributed by atoms with Crippen LogP contribution in [0.3, 0.4) is 0 Å². The maximum absolute atomic E-state index is 13.0. The van der Waals surface area contributed by atoms with Crippen LogP contribution in [0.15, 0.2) is 60.8 Å². The van der Waals surface area contributed by atoms with E-state index in [0.717, 1.165) is 89.9 Å². The first-order valence-corrected chi connectivity index (χ1v) is 32.5. The maximum Gasteiger partial charge on any atom is 0.305 e. The molecule has 0 aromatic rings. The van der Waals surface area contributed by atoms with Gasteiger partial charge >= 0.3 is 5.97 Å². The van der Waals surface area contributed by atoms with Crippen molar-refractivity contribution < 1.29 is 49.3 Å². The number of ether oxygens (including phenoxy) is 3. The van der Waals surface area contributed by atoms with E-state index in [1.807, 2.05) is 19.1 Å². The van der Waals surface area contributed by atoms with Crippen LogP contribution in [-0.4, -0.2) is 100 Å². The number of unbranched alkanes of at least 4 members (excludes halogenated alkanes) is 35. The summed E-state index contributed by atoms with van der Waals surface area (Å²) in [6.07, 6.45) is 63.7. The molecule has 6 N–H and O–H groups in total. The molecule has 7 atom stereocenters. The molecule has 0 aromatic carbocycles. The number of rotatable bonds is 56. The van der Waals surface area contributed by atoms with Crippen LogP contribution in [0, 0.1) is 0 Å². The van der Waals surface area contributed by atoms with Gasteiger partial charge in [0.1, 0.15) is 24.4 Å². The third-order valence-corrected chi connectivity index (χ3v) is 15.2. The minimum Gasteiger partial charge on any atom is -0.466 e. The number of nitrogens with one attached hydrogen (secondary N) is 1. The highest BCUT2D eigenvalue weighted by Gasteiger charge is 2.44. The Morgan fingerprint density at radius 1 is 0.500 bits per heavy atom. The molecule has 0 aliphatic carbocycles. The quantitative estimate of drug-likeness (QED) is 0.0195. The van der Waals surface area contributed by atoms with E-state index in [-0.39, 0.29) is 18.5 Å². The first-order valence-electron chi connectivity index (χ1n) is 32.5. The molecule has 78 heavy (non-hydrogen) atoms. The summed E-state index contributed by atoms with van der Waals surface area (Å²) in [4.78, 5) is 25.1. The normalized spacial score (nSPS) is 18.9. The van der Waals surface area contributed by atoms with Gasteiger partial charge in [-0.05, 0) is 84.0 Å². The van der Waals surface area contributed by atoms with Crippen LogP contribution in [0.25, 0.3) is 0 Å². The summed E-state index contributed by atoms with van der Waals surface area (Å²) in [5.74, 6) is -0.212. The Morgan fingerprint density at radius 2 is 0.923 bits per heavy atom. The second-order valence-electron chi connectivity index (χ2n) is 22.5. The first kappa shape index (κ1) is 73.4. The molecule has 1 aliphatic heterocycles. The van der Waals surface area contributed by atoms with Gasteiger partial charge < -0.3 is 45.1 Å². The average Bonchev–Trinajstić information content (AvgIpc) is 3.43. The molecule has 0 spiro atoms. The highest BCUT2D eigenvalue weighted by atomic mass is 16.7. The van der Waals surface area contributed by atoms with Gasteiger partial charge in [0, 0.05) is 12.8 Å². The molecule has 0 radical (unpaired) electrons. The number of aliphatic hydroxyl groups is 5. The summed E-state index contributed by atoms with van der Waals surface area (Å²) in [5, 5.41) is 54.1. The molecule has 1 amide bonds. The van der Waals surface area contributed by atoms with E-state index in [1.165, 1.54) is 167 Å². The van der Waals surface area contributed by atoms with Crippen molar-refractivity contribution in [2.24, 2.45) is 0 Å². The lowest BCUT2D eigenvalue weighted by Gasteiger charge is -2.40. The molecular weight excluding hydrogens is 979 g/mol. The summed E-state index contributed by atoms with van der Waals surface area (Å²) in [6.45, 7) is 4.09. The number of allylic oxidation sites excluding steroid dienone is 9. The van der Waals surface area contributed by atoms with Gasteiger partial charge in [-0.25, -0.2) is 0 Å². The van der Waals surface area contributed by atoms with Crippen LogP contribution >= 0.6 is 0 Å². The molecule has 0 aromatic heterocycles. The molecule has 1 fully saturated rings. The van der Waals surface area contributed by atoms with Gasteiger partial charge in [-0.15, -0.1) is 0 Å². The largest absolute Gasteiger partial charge is 0.466 e. The zero-order valence-electron chi connectivity index (χ0n) is 50.1. The molecule has 0 bridgehead atoms. The van der Waals surface area contributed by atoms with E-state index in [2.05, 4.69) is 54.8 Å². The monoisotopic (exact) mass is 1100 g/mol. The van der Waals surface area contributed by atoms with Crippen LogP contribution < -0.4 is 5.32 Å². The molecule has 1 aliphatic rings. The van der Waals surface area contributed by atoms with Crippen LogP contribution in [0.4, 0.5) is 0 Å². The van der Waals surface area contributed by atoms with Crippen molar-refractivity contribution in [1.29, 1.82) is 0 Å². The molecular formula is C67H121NO10. The lowest BCUT2D eigenvalue weighted by atomic mass is 9.99. The fourth-order valence-corrected chi connectivity index (χ4v) is 10.0. The average molecular weight is 1100 g/mol. The number of hydrogen-bond acceptors (Lipinski definition) is 10. The Balaban J connectivity index is 1.98. The standard InChI is InChI=1S/C67H121NO10/c1-3-5-7-9-11-13-14-15-16-17-26-29-32-35-39-43-47-51-55-63(72)76-56-52-48-44-40-36-33-30-27-24-22-20-18-19-21-23-25-28-31-34-38-42-46-50-54-62(71)68-59(60(70)53-49-45-41-37-12-10-8-6-4-2)58-77-67-66(75)65(74)64(73)61(57-69)78-67/h4,6,12,18,20-21,23,37,49,53,59-61,64-67,69-70,73-75H,3,5,7-11,13-17,19,22,24-36,38-48,50-52,54-58H2,1-2H3,(H,68,71)/b6-4+,20-18-,23-21-,37-12+,53-49+. The number of aliphatic hydroxyl groups excluding tert-OH is 5. The molecule has 1 heterocycles. The van der Waals surface area contributed by atoms with Gasteiger partial charge in [0.2, 0.25) is 5.91 Å². The first-order chi connectivity index (χ1) is 38.2. The van der Waals surface area contributed by atoms with Crippen LogP contribution in [-0.2, 0) is 23.8 Å². The Kier molecular flexibility index (Phi) is 52.9. The molecule has 11 heteroatoms. The third-order valence-electron chi connectivity index (χ3n) is 15.2. The van der Waals surface area contributed by atoms with Gasteiger partial charge in [-0.2, -0.15) is 0 Å². The van der Waals surface area contributed by atoms with Crippen LogP contribution in [0.5, 0.6) is 0 Å². The molecule has 7 unspecified atom stereocenters. The molecule has 1 rings (SSSR count). The number of carbonyl (C=O) groups is 2. The van der Waals surface area contributed by atoms with Crippen molar-refractivity contribution in [3.8, 4) is 0 Å². The Morgan fingerprint density at radius 3 is 1.41 bits per heavy atom. The van der Waals surface area contributed by atoms with Crippen molar-refractivity contribution >= 4 is 11.9 Å². The lowest BCUT2D eigenvalue weighted by molar-refractivity contribution is -0.302. The Hall–Kier alpha value is -2.64. The van der Waals surface area contributed by atoms with E-state index in [4.69, 9.17) is 14.2 Å². The maximum atomic E-state index is 13.0. The van der Waals surface area contributed by atoms with E-state index < -0.39 is 49.5 Å². The second-order valence-corrected chi connectivity index (χ2v) is 22.5. The molecule has 1 saturated heterocycles. The summed E-state index contributed by atoms with van der Waals surface area (Å²) in [6, 6.07) is -0.842. The van der Waals surface area contributed by atoms with Crippen molar-refractivity contribution in [1.82, 2.24) is 5.32 Å². The van der Waals surface area contributed by atoms with Crippen molar-refractivity contribution in [3.05, 3.63) is 60.8 Å². The van der Waals surface area contributed by atoms with Gasteiger partial charge in [0.15, 0.2) is 6.29 Å². The van der Waals surface area contributed by atoms with Gasteiger partial charge in [0.05, 0.1) is 32.0 Å². The highest BCUT2D eigenvalue weighted by molar-refractivity contribution is 5.76. The van der Waals surface area contributed by atoms with Gasteiger partial charge in [0.25, 0.3) is 0 Å². The van der Waals surface area contributed by atoms with Crippen LogP contribution in [0.1, 0.15) is 290 Å². The van der Waals surface area contributed by atoms with Crippen LogP contribution in [0.2, 0.25) is 0 Å². The predicted octanol–water partition coefficient (Wildman–Crippen LogP) is 15.8. The topological polar surface area (TPSA) is 175 Å². The summed E-state index contributed by atoms with van der Waals surface area (Å²) in [7, 11) is 0. The van der Waals surface area contributed by atoms with E-state index >= 15 is 0 Å². The molecule has 454 valence electrons. The fourth-order valence-electron chi connectivity index (χ4n) is 10.0. The lowest BCUT2D eigenvalue weighted by Crippen LogP contribution is -2.60. The van der Waals surface area contributed by atoms with Crippen molar-refractivity contribution in [3.63, 3.8) is 0 Å². The zero-order valence-corrected chi connectivity index (χ0v) is 50.1. The number of carbonyl (C=O) groups excluding carboxylic acids is 2. The van der Waals surface area contributed by atoms with Crippen molar-refractivity contribution in [2.45, 2.75) is 333 Å². The number of amides is 1. The number of hydrogen-bond donors (Lipinski definition) is 6. The second kappa shape index (κ2) is 56.2. The Bertz CT molecular complexity index is 1480. The van der Waals surface area contributed by atoms with E-state index in [1.54, 1.807) is 6.08 Å². The fraction of sp³-hybridized carbons (Fsp3) is 0.821. The van der Waals surface area contributed by atoms with Gasteiger partial charge in [-0.1, -0.05) is 254 Å². The van der Waals surface area contributed by atoms with Crippen molar-refractivity contribution in [2.75, 3.05) is 19.8 Å². The van der Waals surface area contributed by atoms with Gasteiger partial charge in [-0.3, -0.25) is 9.59 Å². The highest BCUT2D eigenvalue weighted by Crippen LogP contribution is 2.23. The summed E-state index contributed by atoms with van der Waals surface area (Å²) >= 11 is 0. The third kappa shape index (κ3) is 45.0. The smallest absolute Gasteiger partial charge is 0.305 e. The van der Waals surface area contributed by atoms with E-state index in [9.17, 15) is 35.1 Å². The number of esters is 1. The molecule has 11 nitrogen and oxygen atoms in total. The zero-order chi connectivity index (χ0) is 56.6. The predicted molar refractivity (Wildman–Crippen MR) is 324 cm³/mol.